The van der Waals surface area contributed by atoms with Crippen molar-refractivity contribution >= 4 is 27.6 Å². The van der Waals surface area contributed by atoms with Crippen LogP contribution in [0.5, 0.6) is 0 Å². The van der Waals surface area contributed by atoms with Crippen molar-refractivity contribution in [3.05, 3.63) is 55.1 Å². The second kappa shape index (κ2) is 6.45. The van der Waals surface area contributed by atoms with Crippen molar-refractivity contribution in [3.63, 3.8) is 0 Å². The summed E-state index contributed by atoms with van der Waals surface area (Å²) in [5.74, 6) is 0. The molecule has 5 heterocycles. The molecule has 0 radical (unpaired) electrons. The summed E-state index contributed by atoms with van der Waals surface area (Å²) in [5.41, 5.74) is 7.34. The first-order valence-corrected chi connectivity index (χ1v) is 9.17. The zero-order chi connectivity index (χ0) is 19.1. The van der Waals surface area contributed by atoms with Gasteiger partial charge in [0, 0.05) is 35.6 Å². The highest BCUT2D eigenvalue weighted by atomic mass is 15.1. The van der Waals surface area contributed by atoms with E-state index in [0.717, 1.165) is 50.3 Å². The predicted molar refractivity (Wildman–Crippen MR) is 111 cm³/mol. The summed E-state index contributed by atoms with van der Waals surface area (Å²) in [7, 11) is 0. The number of pyridine rings is 3. The first-order chi connectivity index (χ1) is 13.7. The quantitative estimate of drug-likeness (QED) is 0.437. The Morgan fingerprint density at radius 2 is 1.93 bits per heavy atom. The van der Waals surface area contributed by atoms with Crippen molar-refractivity contribution < 1.29 is 0 Å². The van der Waals surface area contributed by atoms with Crippen molar-refractivity contribution in [1.29, 1.82) is 0 Å². The Morgan fingerprint density at radius 1 is 1.00 bits per heavy atom. The molecule has 3 N–H and O–H groups in total. The summed E-state index contributed by atoms with van der Waals surface area (Å²) in [4.78, 5) is 16.7. The molecule has 5 rings (SSSR count). The van der Waals surface area contributed by atoms with E-state index < -0.39 is 0 Å². The van der Waals surface area contributed by atoms with Crippen LogP contribution >= 0.6 is 0 Å². The number of H-pyrrole nitrogens is 2. The fraction of sp³-hybridized carbons (Fsp3) is 0.143. The SMILES string of the molecule is CC(C)Nc1cncc(-c2cc3c(-c4cc5ncccc5[nH]4)n[nH]c3cn2)c1. The number of anilines is 1. The molecule has 28 heavy (non-hydrogen) atoms. The maximum Gasteiger partial charge on any atom is 0.116 e. The minimum absolute atomic E-state index is 0.337. The van der Waals surface area contributed by atoms with Gasteiger partial charge >= 0.3 is 0 Å². The Labute approximate surface area is 161 Å². The molecule has 0 saturated heterocycles. The lowest BCUT2D eigenvalue weighted by Crippen LogP contribution is -2.09. The van der Waals surface area contributed by atoms with Gasteiger partial charge in [0.25, 0.3) is 0 Å². The maximum absolute atomic E-state index is 4.59. The van der Waals surface area contributed by atoms with Crippen LogP contribution in [0.1, 0.15) is 13.8 Å². The average Bonchev–Trinajstić information content (AvgIpc) is 3.30. The van der Waals surface area contributed by atoms with Gasteiger partial charge in [0.15, 0.2) is 0 Å². The largest absolute Gasteiger partial charge is 0.382 e. The van der Waals surface area contributed by atoms with Crippen molar-refractivity contribution in [3.8, 4) is 22.6 Å². The summed E-state index contributed by atoms with van der Waals surface area (Å²) in [6.45, 7) is 4.20. The molecule has 5 aromatic heterocycles. The van der Waals surface area contributed by atoms with Crippen LogP contribution in [0.4, 0.5) is 5.69 Å². The van der Waals surface area contributed by atoms with Crippen LogP contribution in [-0.4, -0.2) is 36.2 Å². The molecule has 0 spiro atoms. The van der Waals surface area contributed by atoms with Crippen molar-refractivity contribution in [1.82, 2.24) is 30.1 Å². The second-order valence-electron chi connectivity index (χ2n) is 7.07. The monoisotopic (exact) mass is 369 g/mol. The standard InChI is InChI=1S/C21H19N7/c1-12(2)25-14-6-13(9-22-10-14)17-7-15-20(11-24-17)27-28-21(15)19-8-18-16(26-19)4-3-5-23-18/h3-12,25-26H,1-2H3,(H,27,28). The summed E-state index contributed by atoms with van der Waals surface area (Å²) in [5, 5.41) is 11.9. The van der Waals surface area contributed by atoms with E-state index >= 15 is 0 Å². The van der Waals surface area contributed by atoms with Crippen LogP contribution in [0, 0.1) is 0 Å². The average molecular weight is 369 g/mol. The van der Waals surface area contributed by atoms with Crippen LogP contribution in [0.25, 0.3) is 44.6 Å². The molecule has 7 heteroatoms. The van der Waals surface area contributed by atoms with Gasteiger partial charge in [-0.1, -0.05) is 0 Å². The lowest BCUT2D eigenvalue weighted by atomic mass is 10.1. The summed E-state index contributed by atoms with van der Waals surface area (Å²) < 4.78 is 0. The highest BCUT2D eigenvalue weighted by Crippen LogP contribution is 2.30. The van der Waals surface area contributed by atoms with E-state index in [2.05, 4.69) is 55.4 Å². The number of hydrogen-bond acceptors (Lipinski definition) is 5. The second-order valence-corrected chi connectivity index (χ2v) is 7.07. The molecule has 138 valence electrons. The van der Waals surface area contributed by atoms with E-state index in [0.29, 0.717) is 6.04 Å². The number of nitrogens with one attached hydrogen (secondary N) is 3. The van der Waals surface area contributed by atoms with Gasteiger partial charge in [-0.05, 0) is 44.2 Å². The molecule has 0 unspecified atom stereocenters. The molecule has 5 aromatic rings. The van der Waals surface area contributed by atoms with Gasteiger partial charge in [-0.15, -0.1) is 0 Å². The molecule has 0 fully saturated rings. The summed E-state index contributed by atoms with van der Waals surface area (Å²) >= 11 is 0. The third-order valence-corrected chi connectivity index (χ3v) is 4.58. The van der Waals surface area contributed by atoms with Crippen molar-refractivity contribution in [2.75, 3.05) is 5.32 Å². The minimum Gasteiger partial charge on any atom is -0.382 e. The molecular weight excluding hydrogens is 350 g/mol. The molecule has 7 nitrogen and oxygen atoms in total. The van der Waals surface area contributed by atoms with Crippen LogP contribution in [0.2, 0.25) is 0 Å². The smallest absolute Gasteiger partial charge is 0.116 e. The van der Waals surface area contributed by atoms with Gasteiger partial charge in [0.05, 0.1) is 39.8 Å². The minimum atomic E-state index is 0.337. The fourth-order valence-electron chi connectivity index (χ4n) is 3.36. The van der Waals surface area contributed by atoms with E-state index in [1.54, 1.807) is 6.20 Å². The third-order valence-electron chi connectivity index (χ3n) is 4.58. The first-order valence-electron chi connectivity index (χ1n) is 9.17. The Morgan fingerprint density at radius 3 is 2.79 bits per heavy atom. The third kappa shape index (κ3) is 2.87. The maximum atomic E-state index is 4.59. The van der Waals surface area contributed by atoms with Crippen molar-refractivity contribution in [2.45, 2.75) is 19.9 Å². The highest BCUT2D eigenvalue weighted by molar-refractivity contribution is 5.96. The van der Waals surface area contributed by atoms with Crippen LogP contribution in [-0.2, 0) is 0 Å². The Hall–Kier alpha value is -3.74. The van der Waals surface area contributed by atoms with Gasteiger partial charge in [0.1, 0.15) is 5.69 Å². The molecule has 0 saturated carbocycles. The topological polar surface area (TPSA) is 95.2 Å². The van der Waals surface area contributed by atoms with Gasteiger partial charge < -0.3 is 10.3 Å². The predicted octanol–water partition coefficient (Wildman–Crippen LogP) is 4.38. The number of fused-ring (bicyclic) bond motifs is 2. The van der Waals surface area contributed by atoms with Gasteiger partial charge in [-0.2, -0.15) is 5.10 Å². The first kappa shape index (κ1) is 16.4. The number of aromatic amines is 2. The molecule has 0 aliphatic heterocycles. The van der Waals surface area contributed by atoms with Gasteiger partial charge in [-0.3, -0.25) is 20.1 Å². The number of hydrogen-bond donors (Lipinski definition) is 3. The summed E-state index contributed by atoms with van der Waals surface area (Å²) in [6, 6.07) is 10.4. The lowest BCUT2D eigenvalue weighted by molar-refractivity contribution is 0.898. The van der Waals surface area contributed by atoms with Crippen LogP contribution in [0.3, 0.4) is 0 Å². The van der Waals surface area contributed by atoms with Gasteiger partial charge in [0.2, 0.25) is 0 Å². The Kier molecular flexibility index (Phi) is 3.79. The van der Waals surface area contributed by atoms with E-state index in [-0.39, 0.29) is 0 Å². The zero-order valence-corrected chi connectivity index (χ0v) is 15.6. The fourth-order valence-corrected chi connectivity index (χ4v) is 3.36. The van der Waals surface area contributed by atoms with Crippen molar-refractivity contribution in [2.24, 2.45) is 0 Å². The highest BCUT2D eigenvalue weighted by Gasteiger charge is 2.13. The molecule has 0 aromatic carbocycles. The number of aromatic nitrogens is 6. The molecular formula is C21H19N7. The molecule has 0 amide bonds. The van der Waals surface area contributed by atoms with E-state index in [9.17, 15) is 0 Å². The molecule has 0 bridgehead atoms. The number of rotatable bonds is 4. The van der Waals surface area contributed by atoms with E-state index in [4.69, 9.17) is 0 Å². The lowest BCUT2D eigenvalue weighted by Gasteiger charge is -2.10. The number of nitrogens with zero attached hydrogens (tertiary/aromatic N) is 4. The normalized spacial score (nSPS) is 11.5. The zero-order valence-electron chi connectivity index (χ0n) is 15.6. The van der Waals surface area contributed by atoms with Gasteiger partial charge in [-0.25, -0.2) is 0 Å². The molecule has 0 atom stereocenters. The molecule has 0 aliphatic carbocycles. The van der Waals surface area contributed by atoms with E-state index in [1.807, 2.05) is 42.9 Å². The Bertz CT molecular complexity index is 1250. The van der Waals surface area contributed by atoms with Crippen LogP contribution in [0.15, 0.2) is 55.1 Å². The Balaban J connectivity index is 1.60. The summed E-state index contributed by atoms with van der Waals surface area (Å²) in [6.07, 6.45) is 7.25. The van der Waals surface area contributed by atoms with E-state index in [1.165, 1.54) is 0 Å². The molecule has 0 aliphatic rings. The van der Waals surface area contributed by atoms with Crippen LogP contribution < -0.4 is 5.32 Å².